The van der Waals surface area contributed by atoms with Crippen LogP contribution in [0.15, 0.2) is 54.6 Å². The van der Waals surface area contributed by atoms with Crippen molar-refractivity contribution in [2.75, 3.05) is 11.4 Å². The zero-order chi connectivity index (χ0) is 16.7. The number of amides is 1. The highest BCUT2D eigenvalue weighted by Crippen LogP contribution is 2.18. The first-order valence-electron chi connectivity index (χ1n) is 6.87. The van der Waals surface area contributed by atoms with E-state index in [-0.39, 0.29) is 18.7 Å². The summed E-state index contributed by atoms with van der Waals surface area (Å²) < 4.78 is 5.24. The molecule has 0 saturated heterocycles. The molecule has 1 N–H and O–H groups in total. The number of hydrogen-bond acceptors (Lipinski definition) is 3. The number of anilines is 1. The minimum Gasteiger partial charge on any atom is -0.478 e. The van der Waals surface area contributed by atoms with Crippen molar-refractivity contribution in [3.05, 3.63) is 65.7 Å². The second-order valence-corrected chi connectivity index (χ2v) is 4.69. The molecular formula is C18H15NO4. The molecule has 0 aromatic heterocycles. The highest BCUT2D eigenvalue weighted by Gasteiger charge is 2.17. The summed E-state index contributed by atoms with van der Waals surface area (Å²) in [5.74, 6) is 1.29. The summed E-state index contributed by atoms with van der Waals surface area (Å²) in [6.45, 7) is 0.0933. The summed E-state index contributed by atoms with van der Waals surface area (Å²) in [5, 5.41) is 9.04. The molecule has 0 fully saturated rings. The molecule has 5 nitrogen and oxygen atoms in total. The smallest absolute Gasteiger partial charge is 0.415 e. The molecule has 1 amide bonds. The van der Waals surface area contributed by atoms with Crippen LogP contribution in [0.4, 0.5) is 10.5 Å². The number of aromatic carboxylic acids is 1. The van der Waals surface area contributed by atoms with Gasteiger partial charge in [-0.2, -0.15) is 0 Å². The summed E-state index contributed by atoms with van der Waals surface area (Å²) in [5.41, 5.74) is 1.29. The molecule has 2 aromatic rings. The van der Waals surface area contributed by atoms with E-state index in [1.165, 1.54) is 17.0 Å². The summed E-state index contributed by atoms with van der Waals surface area (Å²) in [6.07, 6.45) is 4.66. The molecule has 0 unspecified atom stereocenters. The Hall–Kier alpha value is -3.26. The first kappa shape index (κ1) is 16.1. The van der Waals surface area contributed by atoms with Crippen LogP contribution >= 0.6 is 0 Å². The Balaban J connectivity index is 2.14. The van der Waals surface area contributed by atoms with Crippen molar-refractivity contribution in [3.8, 4) is 12.3 Å². The van der Waals surface area contributed by atoms with Crippen LogP contribution < -0.4 is 4.90 Å². The van der Waals surface area contributed by atoms with Crippen LogP contribution in [0, 0.1) is 12.3 Å². The summed E-state index contributed by atoms with van der Waals surface area (Å²) >= 11 is 0. The van der Waals surface area contributed by atoms with Gasteiger partial charge in [-0.05, 0) is 23.8 Å². The predicted octanol–water partition coefficient (Wildman–Crippen LogP) is 3.16. The standard InChI is InChI=1S/C18H15NO4/c1-2-11-19(16-10-6-9-15(12-16)17(20)21)18(22)23-13-14-7-4-3-5-8-14/h1,3-10,12H,11,13H2,(H,20,21). The molecule has 2 rings (SSSR count). The zero-order valence-electron chi connectivity index (χ0n) is 12.3. The van der Waals surface area contributed by atoms with E-state index >= 15 is 0 Å². The maximum Gasteiger partial charge on any atom is 0.415 e. The molecule has 0 spiro atoms. The number of carboxylic acids is 1. The lowest BCUT2D eigenvalue weighted by atomic mass is 10.2. The number of carboxylic acid groups (broad SMARTS) is 1. The van der Waals surface area contributed by atoms with Crippen LogP contribution in [0.1, 0.15) is 15.9 Å². The number of carbonyl (C=O) groups is 2. The number of terminal acetylenes is 1. The Morgan fingerprint density at radius 1 is 1.13 bits per heavy atom. The van der Waals surface area contributed by atoms with E-state index in [4.69, 9.17) is 16.3 Å². The van der Waals surface area contributed by atoms with E-state index in [1.54, 1.807) is 12.1 Å². The molecule has 116 valence electrons. The topological polar surface area (TPSA) is 66.8 Å². The maximum absolute atomic E-state index is 12.2. The zero-order valence-corrected chi connectivity index (χ0v) is 12.3. The summed E-state index contributed by atoms with van der Waals surface area (Å²) in [4.78, 5) is 24.5. The second-order valence-electron chi connectivity index (χ2n) is 4.69. The number of carbonyl (C=O) groups excluding carboxylic acids is 1. The molecule has 2 aromatic carbocycles. The van der Waals surface area contributed by atoms with Gasteiger partial charge in [0.05, 0.1) is 12.1 Å². The number of benzene rings is 2. The molecule has 0 saturated carbocycles. The molecule has 5 heteroatoms. The van der Waals surface area contributed by atoms with Gasteiger partial charge in [0.1, 0.15) is 6.61 Å². The van der Waals surface area contributed by atoms with E-state index in [0.29, 0.717) is 5.69 Å². The maximum atomic E-state index is 12.2. The average Bonchev–Trinajstić information content (AvgIpc) is 2.58. The van der Waals surface area contributed by atoms with Crippen molar-refractivity contribution in [2.45, 2.75) is 6.61 Å². The number of hydrogen-bond donors (Lipinski definition) is 1. The van der Waals surface area contributed by atoms with Crippen molar-refractivity contribution in [2.24, 2.45) is 0 Å². The van der Waals surface area contributed by atoms with E-state index in [2.05, 4.69) is 5.92 Å². The third-order valence-corrected chi connectivity index (χ3v) is 3.08. The average molecular weight is 309 g/mol. The molecule has 0 heterocycles. The van der Waals surface area contributed by atoms with Crippen molar-refractivity contribution < 1.29 is 19.4 Å². The van der Waals surface area contributed by atoms with Gasteiger partial charge >= 0.3 is 12.1 Å². The highest BCUT2D eigenvalue weighted by molar-refractivity contribution is 5.92. The van der Waals surface area contributed by atoms with Crippen LogP contribution in [0.25, 0.3) is 0 Å². The Labute approximate surface area is 134 Å². The number of nitrogens with zero attached hydrogens (tertiary/aromatic N) is 1. The fraction of sp³-hybridized carbons (Fsp3) is 0.111. The van der Waals surface area contributed by atoms with Crippen molar-refractivity contribution >= 4 is 17.7 Å². The fourth-order valence-electron chi connectivity index (χ4n) is 1.96. The lowest BCUT2D eigenvalue weighted by molar-refractivity contribution is 0.0696. The number of ether oxygens (including phenoxy) is 1. The van der Waals surface area contributed by atoms with Crippen molar-refractivity contribution in [1.29, 1.82) is 0 Å². The Bertz CT molecular complexity index is 734. The first-order valence-corrected chi connectivity index (χ1v) is 6.87. The summed E-state index contributed by atoms with van der Waals surface area (Å²) in [6, 6.07) is 15.2. The molecular weight excluding hydrogens is 294 g/mol. The molecule has 0 aliphatic rings. The van der Waals surface area contributed by atoms with E-state index < -0.39 is 12.1 Å². The van der Waals surface area contributed by atoms with Crippen molar-refractivity contribution in [3.63, 3.8) is 0 Å². The minimum absolute atomic E-state index is 0.0172. The second kappa shape index (κ2) is 7.66. The third-order valence-electron chi connectivity index (χ3n) is 3.08. The van der Waals surface area contributed by atoms with Gasteiger partial charge in [0.25, 0.3) is 0 Å². The normalized spacial score (nSPS) is 9.70. The van der Waals surface area contributed by atoms with Gasteiger partial charge in [0.2, 0.25) is 0 Å². The van der Waals surface area contributed by atoms with Crippen LogP contribution in [0.2, 0.25) is 0 Å². The van der Waals surface area contributed by atoms with Gasteiger partial charge < -0.3 is 9.84 Å². The van der Waals surface area contributed by atoms with Crippen LogP contribution in [-0.2, 0) is 11.3 Å². The fourth-order valence-corrected chi connectivity index (χ4v) is 1.96. The van der Waals surface area contributed by atoms with Gasteiger partial charge in [0, 0.05) is 5.69 Å². The number of rotatable bonds is 5. The Morgan fingerprint density at radius 3 is 2.52 bits per heavy atom. The lowest BCUT2D eigenvalue weighted by Crippen LogP contribution is -2.32. The molecule has 23 heavy (non-hydrogen) atoms. The molecule has 0 aliphatic carbocycles. The Kier molecular flexibility index (Phi) is 5.37. The molecule has 0 atom stereocenters. The minimum atomic E-state index is -1.08. The SMILES string of the molecule is C#CCN(C(=O)OCc1ccccc1)c1cccc(C(=O)O)c1. The predicted molar refractivity (Wildman–Crippen MR) is 86.2 cm³/mol. The molecule has 0 bridgehead atoms. The van der Waals surface area contributed by atoms with E-state index in [0.717, 1.165) is 5.56 Å². The van der Waals surface area contributed by atoms with Gasteiger partial charge in [0.15, 0.2) is 0 Å². The molecule has 0 aliphatic heterocycles. The largest absolute Gasteiger partial charge is 0.478 e. The van der Waals surface area contributed by atoms with Crippen molar-refractivity contribution in [1.82, 2.24) is 0 Å². The van der Waals surface area contributed by atoms with Crippen LogP contribution in [0.3, 0.4) is 0 Å². The van der Waals surface area contributed by atoms with Gasteiger partial charge in [-0.15, -0.1) is 6.42 Å². The molecule has 0 radical (unpaired) electrons. The quantitative estimate of drug-likeness (QED) is 0.862. The third kappa shape index (κ3) is 4.35. The van der Waals surface area contributed by atoms with Crippen LogP contribution in [-0.4, -0.2) is 23.7 Å². The van der Waals surface area contributed by atoms with E-state index in [9.17, 15) is 9.59 Å². The Morgan fingerprint density at radius 2 is 1.87 bits per heavy atom. The van der Waals surface area contributed by atoms with Gasteiger partial charge in [-0.1, -0.05) is 42.3 Å². The first-order chi connectivity index (χ1) is 11.1. The van der Waals surface area contributed by atoms with E-state index in [1.807, 2.05) is 30.3 Å². The van der Waals surface area contributed by atoms with Gasteiger partial charge in [-0.3, -0.25) is 4.90 Å². The van der Waals surface area contributed by atoms with Gasteiger partial charge in [-0.25, -0.2) is 9.59 Å². The summed E-state index contributed by atoms with van der Waals surface area (Å²) in [7, 11) is 0. The lowest BCUT2D eigenvalue weighted by Gasteiger charge is -2.20. The van der Waals surface area contributed by atoms with Crippen LogP contribution in [0.5, 0.6) is 0 Å². The monoisotopic (exact) mass is 309 g/mol. The highest BCUT2D eigenvalue weighted by atomic mass is 16.6.